The van der Waals surface area contributed by atoms with E-state index in [1.807, 2.05) is 0 Å². The van der Waals surface area contributed by atoms with Gasteiger partial charge in [-0.25, -0.2) is 4.79 Å². The van der Waals surface area contributed by atoms with Gasteiger partial charge in [-0.2, -0.15) is 0 Å². The Hall–Kier alpha value is -2.56. The maximum absolute atomic E-state index is 12.0. The monoisotopic (exact) mass is 272 g/mol. The van der Waals surface area contributed by atoms with Crippen molar-refractivity contribution >= 4 is 11.7 Å². The lowest BCUT2D eigenvalue weighted by Crippen LogP contribution is -2.22. The summed E-state index contributed by atoms with van der Waals surface area (Å²) in [7, 11) is 0. The molecule has 0 atom stereocenters. The number of carbonyl (C=O) groups is 1. The summed E-state index contributed by atoms with van der Waals surface area (Å²) in [5.41, 5.74) is 7.20. The number of aryl methyl sites for hydroxylation is 1. The molecular weight excluding hydrogens is 256 g/mol. The highest BCUT2D eigenvalue weighted by Crippen LogP contribution is 2.17. The minimum atomic E-state index is -0.468. The van der Waals surface area contributed by atoms with Gasteiger partial charge in [0, 0.05) is 18.0 Å². The van der Waals surface area contributed by atoms with Gasteiger partial charge in [0.25, 0.3) is 5.56 Å². The standard InChI is InChI=1S/C15H16N2O3/c1-11-5-4-6-12(16)14(11)15(19)20-10-9-17-8-3-2-7-13(17)18/h2-8H,9-10,16H2,1H3. The molecule has 104 valence electrons. The molecule has 1 aromatic heterocycles. The zero-order valence-electron chi connectivity index (χ0n) is 11.2. The van der Waals surface area contributed by atoms with Gasteiger partial charge >= 0.3 is 5.97 Å². The Balaban J connectivity index is 2.00. The van der Waals surface area contributed by atoms with Crippen molar-refractivity contribution in [3.8, 4) is 0 Å². The average Bonchev–Trinajstić information content (AvgIpc) is 2.41. The van der Waals surface area contributed by atoms with Crippen LogP contribution < -0.4 is 11.3 Å². The molecule has 0 spiro atoms. The molecule has 0 saturated heterocycles. The average molecular weight is 272 g/mol. The van der Waals surface area contributed by atoms with E-state index in [0.717, 1.165) is 5.56 Å². The van der Waals surface area contributed by atoms with Gasteiger partial charge in [-0.1, -0.05) is 18.2 Å². The van der Waals surface area contributed by atoms with Gasteiger partial charge in [0.05, 0.1) is 12.1 Å². The Morgan fingerprint density at radius 1 is 1.25 bits per heavy atom. The van der Waals surface area contributed by atoms with Gasteiger partial charge in [-0.15, -0.1) is 0 Å². The van der Waals surface area contributed by atoms with Crippen molar-refractivity contribution in [1.29, 1.82) is 0 Å². The molecule has 0 aliphatic rings. The van der Waals surface area contributed by atoms with E-state index < -0.39 is 5.97 Å². The molecule has 0 amide bonds. The lowest BCUT2D eigenvalue weighted by molar-refractivity contribution is 0.0490. The van der Waals surface area contributed by atoms with Crippen LogP contribution in [-0.2, 0) is 11.3 Å². The van der Waals surface area contributed by atoms with E-state index in [2.05, 4.69) is 0 Å². The molecule has 2 aromatic rings. The third-order valence-electron chi connectivity index (χ3n) is 2.97. The summed E-state index contributed by atoms with van der Waals surface area (Å²) in [5.74, 6) is -0.468. The molecule has 5 nitrogen and oxygen atoms in total. The zero-order valence-corrected chi connectivity index (χ0v) is 11.2. The number of anilines is 1. The Labute approximate surface area is 116 Å². The zero-order chi connectivity index (χ0) is 14.5. The van der Waals surface area contributed by atoms with E-state index >= 15 is 0 Å². The first-order chi connectivity index (χ1) is 9.59. The van der Waals surface area contributed by atoms with Crippen LogP contribution in [0.1, 0.15) is 15.9 Å². The lowest BCUT2D eigenvalue weighted by atomic mass is 10.1. The van der Waals surface area contributed by atoms with Crippen LogP contribution in [0.2, 0.25) is 0 Å². The summed E-state index contributed by atoms with van der Waals surface area (Å²) in [4.78, 5) is 23.4. The van der Waals surface area contributed by atoms with Gasteiger partial charge in [0.1, 0.15) is 6.61 Å². The van der Waals surface area contributed by atoms with Crippen LogP contribution in [0.15, 0.2) is 47.4 Å². The molecule has 20 heavy (non-hydrogen) atoms. The summed E-state index contributed by atoms with van der Waals surface area (Å²) < 4.78 is 6.65. The Morgan fingerprint density at radius 3 is 2.75 bits per heavy atom. The number of rotatable bonds is 4. The number of nitrogen functional groups attached to an aromatic ring is 1. The number of pyridine rings is 1. The summed E-state index contributed by atoms with van der Waals surface area (Å²) >= 11 is 0. The molecule has 1 aromatic carbocycles. The fourth-order valence-electron chi connectivity index (χ4n) is 1.92. The summed E-state index contributed by atoms with van der Waals surface area (Å²) in [5, 5.41) is 0. The molecule has 5 heteroatoms. The van der Waals surface area contributed by atoms with Crippen molar-refractivity contribution in [2.24, 2.45) is 0 Å². The fraction of sp³-hybridized carbons (Fsp3) is 0.200. The van der Waals surface area contributed by atoms with E-state index in [1.165, 1.54) is 10.6 Å². The highest BCUT2D eigenvalue weighted by Gasteiger charge is 2.13. The number of hydrogen-bond acceptors (Lipinski definition) is 4. The minimum Gasteiger partial charge on any atom is -0.460 e. The van der Waals surface area contributed by atoms with Gasteiger partial charge in [0.15, 0.2) is 0 Å². The molecule has 0 radical (unpaired) electrons. The maximum atomic E-state index is 12.0. The van der Waals surface area contributed by atoms with Gasteiger partial charge in [-0.3, -0.25) is 4.79 Å². The third kappa shape index (κ3) is 3.06. The quantitative estimate of drug-likeness (QED) is 0.677. The number of nitrogens with two attached hydrogens (primary N) is 1. The second-order valence-corrected chi connectivity index (χ2v) is 4.41. The van der Waals surface area contributed by atoms with Crippen LogP contribution in [0.5, 0.6) is 0 Å². The number of esters is 1. The lowest BCUT2D eigenvalue weighted by Gasteiger charge is -2.10. The molecule has 0 saturated carbocycles. The maximum Gasteiger partial charge on any atom is 0.340 e. The molecule has 1 heterocycles. The van der Waals surface area contributed by atoms with Gasteiger partial charge in [0.2, 0.25) is 0 Å². The Bertz CT molecular complexity index is 657. The summed E-state index contributed by atoms with van der Waals surface area (Å²) in [6.07, 6.45) is 1.65. The van der Waals surface area contributed by atoms with E-state index in [1.54, 1.807) is 43.5 Å². The number of benzene rings is 1. The van der Waals surface area contributed by atoms with E-state index in [9.17, 15) is 9.59 Å². The number of nitrogens with zero attached hydrogens (tertiary/aromatic N) is 1. The van der Waals surface area contributed by atoms with Gasteiger partial charge in [-0.05, 0) is 24.6 Å². The van der Waals surface area contributed by atoms with Gasteiger partial charge < -0.3 is 15.0 Å². The molecule has 0 aliphatic carbocycles. The third-order valence-corrected chi connectivity index (χ3v) is 2.97. The minimum absolute atomic E-state index is 0.122. The molecule has 0 aliphatic heterocycles. The van der Waals surface area contributed by atoms with Crippen molar-refractivity contribution in [2.45, 2.75) is 13.5 Å². The molecule has 0 fully saturated rings. The second kappa shape index (κ2) is 6.06. The summed E-state index contributed by atoms with van der Waals surface area (Å²) in [6, 6.07) is 10.1. The van der Waals surface area contributed by atoms with Crippen LogP contribution in [0.3, 0.4) is 0 Å². The van der Waals surface area contributed by atoms with E-state index in [-0.39, 0.29) is 12.2 Å². The SMILES string of the molecule is Cc1cccc(N)c1C(=O)OCCn1ccccc1=O. The molecule has 0 unspecified atom stereocenters. The Morgan fingerprint density at radius 2 is 2.05 bits per heavy atom. The van der Waals surface area contributed by atoms with Crippen molar-refractivity contribution in [3.63, 3.8) is 0 Å². The largest absolute Gasteiger partial charge is 0.460 e. The first-order valence-corrected chi connectivity index (χ1v) is 6.27. The normalized spacial score (nSPS) is 10.2. The van der Waals surface area contributed by atoms with Crippen molar-refractivity contribution in [2.75, 3.05) is 12.3 Å². The van der Waals surface area contributed by atoms with E-state index in [4.69, 9.17) is 10.5 Å². The fourth-order valence-corrected chi connectivity index (χ4v) is 1.92. The smallest absolute Gasteiger partial charge is 0.340 e. The molecular formula is C15H16N2O3. The number of carbonyl (C=O) groups excluding carboxylic acids is 1. The molecule has 2 rings (SSSR count). The summed E-state index contributed by atoms with van der Waals surface area (Å²) in [6.45, 7) is 2.24. The van der Waals surface area contributed by atoms with Crippen LogP contribution in [0, 0.1) is 6.92 Å². The van der Waals surface area contributed by atoms with Crippen molar-refractivity contribution in [1.82, 2.24) is 4.57 Å². The molecule has 2 N–H and O–H groups in total. The predicted octanol–water partition coefficient (Wildman–Crippen LogP) is 1.60. The first-order valence-electron chi connectivity index (χ1n) is 6.27. The van der Waals surface area contributed by atoms with E-state index in [0.29, 0.717) is 17.8 Å². The molecule has 0 bridgehead atoms. The Kier molecular flexibility index (Phi) is 4.20. The van der Waals surface area contributed by atoms with Crippen LogP contribution in [-0.4, -0.2) is 17.1 Å². The number of aromatic nitrogens is 1. The second-order valence-electron chi connectivity index (χ2n) is 4.41. The first kappa shape index (κ1) is 13.9. The van der Waals surface area contributed by atoms with Crippen LogP contribution >= 0.6 is 0 Å². The highest BCUT2D eigenvalue weighted by molar-refractivity contribution is 5.96. The number of hydrogen-bond donors (Lipinski definition) is 1. The predicted molar refractivity (Wildman–Crippen MR) is 76.6 cm³/mol. The highest BCUT2D eigenvalue weighted by atomic mass is 16.5. The topological polar surface area (TPSA) is 74.3 Å². The van der Waals surface area contributed by atoms with Crippen LogP contribution in [0.25, 0.3) is 0 Å². The van der Waals surface area contributed by atoms with Crippen molar-refractivity contribution < 1.29 is 9.53 Å². The van der Waals surface area contributed by atoms with Crippen LogP contribution in [0.4, 0.5) is 5.69 Å². The van der Waals surface area contributed by atoms with Crippen molar-refractivity contribution in [3.05, 3.63) is 64.1 Å². The number of ether oxygens (including phenoxy) is 1.